The highest BCUT2D eigenvalue weighted by Gasteiger charge is 2.13. The number of carboxylic acids is 2. The van der Waals surface area contributed by atoms with Gasteiger partial charge in [-0.3, -0.25) is 10.1 Å². The molecule has 0 aliphatic carbocycles. The Bertz CT molecular complexity index is 563. The fraction of sp³-hybridized carbons (Fsp3) is 0.0909. The van der Waals surface area contributed by atoms with Crippen LogP contribution in [0.15, 0.2) is 30.0 Å². The molecule has 8 heteroatoms. The third kappa shape index (κ3) is 3.53. The lowest BCUT2D eigenvalue weighted by atomic mass is 10.2. The van der Waals surface area contributed by atoms with Crippen molar-refractivity contribution >= 4 is 23.3 Å². The minimum absolute atomic E-state index is 0.0457. The van der Waals surface area contributed by atoms with E-state index < -0.39 is 22.4 Å². The van der Waals surface area contributed by atoms with E-state index in [-0.39, 0.29) is 11.4 Å². The summed E-state index contributed by atoms with van der Waals surface area (Å²) in [6.07, 6.45) is 0.572. The van der Waals surface area contributed by atoms with Gasteiger partial charge in [0, 0.05) is 17.8 Å². The molecular weight excluding hydrogens is 256 g/mol. The number of nitro benzene ring substituents is 1. The zero-order chi connectivity index (χ0) is 14.6. The lowest BCUT2D eigenvalue weighted by Gasteiger charge is -2.10. The average molecular weight is 264 g/mol. The first-order valence-electron chi connectivity index (χ1n) is 4.97. The molecule has 0 saturated carbocycles. The monoisotopic (exact) mass is 264 g/mol. The van der Waals surface area contributed by atoms with Crippen molar-refractivity contribution in [2.75, 3.05) is 5.32 Å². The van der Waals surface area contributed by atoms with Gasteiger partial charge in [-0.25, -0.2) is 0 Å². The van der Waals surface area contributed by atoms with Crippen LogP contribution in [0, 0.1) is 17.0 Å². The Morgan fingerprint density at radius 2 is 1.84 bits per heavy atom. The first-order valence-corrected chi connectivity index (χ1v) is 4.97. The Hall–Kier alpha value is -2.90. The Morgan fingerprint density at radius 1 is 1.26 bits per heavy atom. The summed E-state index contributed by atoms with van der Waals surface area (Å²) in [6, 6.07) is 4.13. The molecule has 1 rings (SSSR count). The number of carbonyl (C=O) groups excluding carboxylic acids is 2. The van der Waals surface area contributed by atoms with Gasteiger partial charge in [-0.1, -0.05) is 6.07 Å². The summed E-state index contributed by atoms with van der Waals surface area (Å²) >= 11 is 0. The molecule has 0 aromatic heterocycles. The first kappa shape index (κ1) is 14.2. The van der Waals surface area contributed by atoms with Gasteiger partial charge in [0.25, 0.3) is 5.69 Å². The topological polar surface area (TPSA) is 135 Å². The highest BCUT2D eigenvalue weighted by molar-refractivity contribution is 6.10. The highest BCUT2D eigenvalue weighted by Crippen LogP contribution is 2.25. The zero-order valence-electron chi connectivity index (χ0n) is 9.71. The van der Waals surface area contributed by atoms with E-state index in [1.54, 1.807) is 13.0 Å². The van der Waals surface area contributed by atoms with Crippen LogP contribution in [0.4, 0.5) is 11.4 Å². The summed E-state index contributed by atoms with van der Waals surface area (Å²) in [5.41, 5.74) is -0.876. The van der Waals surface area contributed by atoms with E-state index in [1.165, 1.54) is 12.1 Å². The number of aliphatic carboxylic acids is 2. The van der Waals surface area contributed by atoms with Crippen LogP contribution in [-0.2, 0) is 9.59 Å². The SMILES string of the molecule is Cc1ccc(NC=C(C(=O)[O-])C(=O)[O-])c([N+](=O)[O-])c1. The minimum atomic E-state index is -1.96. The second-order valence-corrected chi connectivity index (χ2v) is 3.55. The average Bonchev–Trinajstić information content (AvgIpc) is 2.29. The Morgan fingerprint density at radius 3 is 2.32 bits per heavy atom. The largest absolute Gasteiger partial charge is 0.545 e. The number of carboxylic acid groups (broad SMARTS) is 2. The summed E-state index contributed by atoms with van der Waals surface area (Å²) in [5, 5.41) is 33.9. The summed E-state index contributed by atoms with van der Waals surface area (Å²) in [5.74, 6) is -3.91. The van der Waals surface area contributed by atoms with Crippen LogP contribution in [-0.4, -0.2) is 16.9 Å². The fourth-order valence-electron chi connectivity index (χ4n) is 1.27. The van der Waals surface area contributed by atoms with Gasteiger partial charge in [0.05, 0.1) is 16.9 Å². The standard InChI is InChI=1S/C11H10N2O6/c1-6-2-3-8(9(4-6)13(18)19)12-5-7(10(14)15)11(16)17/h2-5,12H,1H3,(H,14,15)(H,16,17)/p-2. The summed E-state index contributed by atoms with van der Waals surface area (Å²) in [7, 11) is 0. The van der Waals surface area contributed by atoms with Crippen molar-refractivity contribution in [2.24, 2.45) is 0 Å². The summed E-state index contributed by atoms with van der Waals surface area (Å²) in [4.78, 5) is 31.0. The molecule has 0 saturated heterocycles. The number of nitrogens with one attached hydrogen (secondary N) is 1. The van der Waals surface area contributed by atoms with Crippen molar-refractivity contribution in [3.8, 4) is 0 Å². The first-order chi connectivity index (χ1) is 8.82. The normalized spacial score (nSPS) is 9.53. The zero-order valence-corrected chi connectivity index (χ0v) is 9.71. The molecule has 100 valence electrons. The third-order valence-corrected chi connectivity index (χ3v) is 2.16. The van der Waals surface area contributed by atoms with Crippen LogP contribution < -0.4 is 15.5 Å². The number of hydrogen-bond donors (Lipinski definition) is 1. The number of carbonyl (C=O) groups is 2. The second-order valence-electron chi connectivity index (χ2n) is 3.55. The van der Waals surface area contributed by atoms with Gasteiger partial charge in [-0.2, -0.15) is 0 Å². The molecule has 0 bridgehead atoms. The van der Waals surface area contributed by atoms with Crippen LogP contribution in [0.5, 0.6) is 0 Å². The minimum Gasteiger partial charge on any atom is -0.545 e. The number of rotatable bonds is 5. The predicted molar refractivity (Wildman–Crippen MR) is 59.6 cm³/mol. The molecule has 8 nitrogen and oxygen atoms in total. The Labute approximate surface area is 107 Å². The van der Waals surface area contributed by atoms with E-state index in [2.05, 4.69) is 5.32 Å². The highest BCUT2D eigenvalue weighted by atomic mass is 16.6. The molecule has 0 spiro atoms. The smallest absolute Gasteiger partial charge is 0.292 e. The van der Waals surface area contributed by atoms with E-state index in [0.29, 0.717) is 11.8 Å². The number of nitrogens with zero attached hydrogens (tertiary/aromatic N) is 1. The Balaban J connectivity index is 3.13. The van der Waals surface area contributed by atoms with Crippen molar-refractivity contribution in [3.63, 3.8) is 0 Å². The number of nitro groups is 1. The molecule has 1 aromatic carbocycles. The van der Waals surface area contributed by atoms with Gasteiger partial charge in [-0.15, -0.1) is 0 Å². The van der Waals surface area contributed by atoms with Crippen LogP contribution in [0.2, 0.25) is 0 Å². The van der Waals surface area contributed by atoms with Gasteiger partial charge in [0.1, 0.15) is 5.69 Å². The van der Waals surface area contributed by atoms with Crippen LogP contribution >= 0.6 is 0 Å². The molecule has 0 radical (unpaired) electrons. The molecular formula is C11H8N2O6-2. The van der Waals surface area contributed by atoms with E-state index in [4.69, 9.17) is 0 Å². The number of hydrogen-bond acceptors (Lipinski definition) is 7. The molecule has 0 aliphatic heterocycles. The summed E-state index contributed by atoms with van der Waals surface area (Å²) < 4.78 is 0. The molecule has 0 amide bonds. The maximum Gasteiger partial charge on any atom is 0.292 e. The summed E-state index contributed by atoms with van der Waals surface area (Å²) in [6.45, 7) is 1.64. The van der Waals surface area contributed by atoms with Gasteiger partial charge >= 0.3 is 0 Å². The molecule has 0 unspecified atom stereocenters. The van der Waals surface area contributed by atoms with Crippen LogP contribution in [0.25, 0.3) is 0 Å². The van der Waals surface area contributed by atoms with E-state index >= 15 is 0 Å². The van der Waals surface area contributed by atoms with Gasteiger partial charge < -0.3 is 25.1 Å². The van der Waals surface area contributed by atoms with Crippen LogP contribution in [0.3, 0.4) is 0 Å². The van der Waals surface area contributed by atoms with Crippen molar-refractivity contribution in [3.05, 3.63) is 45.6 Å². The molecule has 0 heterocycles. The number of benzene rings is 1. The van der Waals surface area contributed by atoms with Gasteiger partial charge in [0.2, 0.25) is 0 Å². The lowest BCUT2D eigenvalue weighted by Crippen LogP contribution is -2.36. The molecule has 0 aliphatic rings. The van der Waals surface area contributed by atoms with Gasteiger partial charge in [0.15, 0.2) is 0 Å². The van der Waals surface area contributed by atoms with Crippen molar-refractivity contribution in [1.29, 1.82) is 0 Å². The second kappa shape index (κ2) is 5.63. The lowest BCUT2D eigenvalue weighted by molar-refractivity contribution is -0.384. The van der Waals surface area contributed by atoms with Crippen molar-refractivity contribution in [2.45, 2.75) is 6.92 Å². The quantitative estimate of drug-likeness (QED) is 0.229. The fourth-order valence-corrected chi connectivity index (χ4v) is 1.27. The maximum atomic E-state index is 10.8. The van der Waals surface area contributed by atoms with Crippen LogP contribution in [0.1, 0.15) is 5.56 Å². The van der Waals surface area contributed by atoms with Crippen molar-refractivity contribution in [1.82, 2.24) is 0 Å². The molecule has 0 atom stereocenters. The molecule has 1 aromatic rings. The molecule has 1 N–H and O–H groups in total. The third-order valence-electron chi connectivity index (χ3n) is 2.16. The predicted octanol–water partition coefficient (Wildman–Crippen LogP) is -1.30. The van der Waals surface area contributed by atoms with E-state index in [0.717, 1.165) is 0 Å². The van der Waals surface area contributed by atoms with Crippen molar-refractivity contribution < 1.29 is 24.7 Å². The number of anilines is 1. The number of aryl methyl sites for hydroxylation is 1. The molecule has 19 heavy (non-hydrogen) atoms. The van der Waals surface area contributed by atoms with E-state index in [1.807, 2.05) is 0 Å². The van der Waals surface area contributed by atoms with E-state index in [9.17, 15) is 29.9 Å². The molecule has 0 fully saturated rings. The Kier molecular flexibility index (Phi) is 4.19. The maximum absolute atomic E-state index is 10.8. The van der Waals surface area contributed by atoms with Gasteiger partial charge in [-0.05, 0) is 18.6 Å².